The number of rotatable bonds is 4. The van der Waals surface area contributed by atoms with Crippen LogP contribution in [-0.4, -0.2) is 76.3 Å². The van der Waals surface area contributed by atoms with Gasteiger partial charge in [-0.3, -0.25) is 19.6 Å². The van der Waals surface area contributed by atoms with E-state index in [1.807, 2.05) is 19.1 Å². The summed E-state index contributed by atoms with van der Waals surface area (Å²) in [6.07, 6.45) is 4.88. The summed E-state index contributed by atoms with van der Waals surface area (Å²) in [6.45, 7) is 2.88. The molecule has 1 aliphatic heterocycles. The van der Waals surface area contributed by atoms with Gasteiger partial charge in [-0.25, -0.2) is 4.68 Å². The molecule has 0 aromatic carbocycles. The molecular weight excluding hydrogens is 358 g/mol. The zero-order valence-corrected chi connectivity index (χ0v) is 16.2. The Morgan fingerprint density at radius 1 is 1.32 bits per heavy atom. The van der Waals surface area contributed by atoms with Gasteiger partial charge >= 0.3 is 0 Å². The van der Waals surface area contributed by atoms with Crippen molar-refractivity contribution in [1.29, 1.82) is 0 Å². The first-order chi connectivity index (χ1) is 13.4. The summed E-state index contributed by atoms with van der Waals surface area (Å²) in [7, 11) is 3.37. The van der Waals surface area contributed by atoms with Crippen molar-refractivity contribution in [2.45, 2.75) is 6.92 Å². The fourth-order valence-electron chi connectivity index (χ4n) is 2.81. The van der Waals surface area contributed by atoms with Crippen LogP contribution in [0.15, 0.2) is 35.5 Å². The Morgan fingerprint density at radius 2 is 2.11 bits per heavy atom. The predicted octanol–water partition coefficient (Wildman–Crippen LogP) is 0.490. The SMILES string of the molecule is CN=CC=C(N)c1cc(C(=O)N2CCN(C)C(=O)C2)nn1-c1ccc(C)nc1. The summed E-state index contributed by atoms with van der Waals surface area (Å²) in [5, 5.41) is 4.45. The lowest BCUT2D eigenvalue weighted by molar-refractivity contribution is -0.133. The van der Waals surface area contributed by atoms with Crippen molar-refractivity contribution in [3.63, 3.8) is 0 Å². The number of allylic oxidation sites excluding steroid dienone is 1. The maximum Gasteiger partial charge on any atom is 0.274 e. The average molecular weight is 381 g/mol. The summed E-state index contributed by atoms with van der Waals surface area (Å²) >= 11 is 0. The summed E-state index contributed by atoms with van der Waals surface area (Å²) in [5.41, 5.74) is 8.91. The highest BCUT2D eigenvalue weighted by Gasteiger charge is 2.28. The molecule has 0 spiro atoms. The van der Waals surface area contributed by atoms with Gasteiger partial charge < -0.3 is 15.5 Å². The molecule has 146 valence electrons. The molecule has 1 aliphatic rings. The number of hydrogen-bond donors (Lipinski definition) is 1. The van der Waals surface area contributed by atoms with Crippen molar-refractivity contribution in [2.75, 3.05) is 33.7 Å². The molecule has 3 rings (SSSR count). The Morgan fingerprint density at radius 3 is 2.75 bits per heavy atom. The molecule has 1 saturated heterocycles. The van der Waals surface area contributed by atoms with E-state index in [0.29, 0.717) is 30.2 Å². The predicted molar refractivity (Wildman–Crippen MR) is 106 cm³/mol. The van der Waals surface area contributed by atoms with Crippen molar-refractivity contribution in [1.82, 2.24) is 24.6 Å². The number of aryl methyl sites for hydroxylation is 1. The van der Waals surface area contributed by atoms with E-state index in [2.05, 4.69) is 15.1 Å². The van der Waals surface area contributed by atoms with Gasteiger partial charge in [-0.05, 0) is 31.2 Å². The number of hydrogen-bond acceptors (Lipinski definition) is 6. The van der Waals surface area contributed by atoms with E-state index >= 15 is 0 Å². The molecule has 0 bridgehead atoms. The van der Waals surface area contributed by atoms with Gasteiger partial charge in [-0.2, -0.15) is 5.10 Å². The number of pyridine rings is 1. The highest BCUT2D eigenvalue weighted by atomic mass is 16.2. The number of carbonyl (C=O) groups is 2. The molecule has 1 fully saturated rings. The van der Waals surface area contributed by atoms with Crippen LogP contribution < -0.4 is 5.73 Å². The summed E-state index contributed by atoms with van der Waals surface area (Å²) < 4.78 is 1.58. The third kappa shape index (κ3) is 3.93. The van der Waals surface area contributed by atoms with Crippen molar-refractivity contribution >= 4 is 23.7 Å². The second-order valence-corrected chi connectivity index (χ2v) is 6.56. The minimum absolute atomic E-state index is 0.0391. The van der Waals surface area contributed by atoms with Crippen molar-refractivity contribution in [3.05, 3.63) is 47.6 Å². The number of aromatic nitrogens is 3. The molecule has 0 saturated carbocycles. The van der Waals surface area contributed by atoms with Crippen LogP contribution in [0.1, 0.15) is 21.9 Å². The molecule has 2 aromatic heterocycles. The van der Waals surface area contributed by atoms with Crippen LogP contribution in [0.25, 0.3) is 11.4 Å². The molecule has 0 unspecified atom stereocenters. The van der Waals surface area contributed by atoms with Crippen LogP contribution in [0, 0.1) is 6.92 Å². The molecule has 2 amide bonds. The van der Waals surface area contributed by atoms with E-state index in [-0.39, 0.29) is 24.1 Å². The van der Waals surface area contributed by atoms with Gasteiger partial charge in [-0.1, -0.05) is 0 Å². The highest BCUT2D eigenvalue weighted by molar-refractivity contribution is 5.96. The minimum atomic E-state index is -0.307. The number of amides is 2. The van der Waals surface area contributed by atoms with E-state index in [9.17, 15) is 9.59 Å². The van der Waals surface area contributed by atoms with E-state index in [0.717, 1.165) is 5.69 Å². The third-order valence-corrected chi connectivity index (χ3v) is 4.51. The van der Waals surface area contributed by atoms with Crippen LogP contribution in [0.4, 0.5) is 0 Å². The van der Waals surface area contributed by atoms with Gasteiger partial charge in [0.15, 0.2) is 5.69 Å². The largest absolute Gasteiger partial charge is 0.397 e. The van der Waals surface area contributed by atoms with Crippen molar-refractivity contribution < 1.29 is 9.59 Å². The highest BCUT2D eigenvalue weighted by Crippen LogP contribution is 2.19. The maximum atomic E-state index is 12.9. The minimum Gasteiger partial charge on any atom is -0.397 e. The third-order valence-electron chi connectivity index (χ3n) is 4.51. The Balaban J connectivity index is 2.00. The normalized spacial score (nSPS) is 15.5. The molecule has 28 heavy (non-hydrogen) atoms. The number of nitrogens with two attached hydrogens (primary N) is 1. The second kappa shape index (κ2) is 8.03. The van der Waals surface area contributed by atoms with Gasteiger partial charge in [-0.15, -0.1) is 0 Å². The number of piperazine rings is 1. The molecule has 3 heterocycles. The van der Waals surface area contributed by atoms with Gasteiger partial charge in [0, 0.05) is 39.1 Å². The quantitative estimate of drug-likeness (QED) is 0.775. The first-order valence-electron chi connectivity index (χ1n) is 8.85. The maximum absolute atomic E-state index is 12.9. The molecule has 2 N–H and O–H groups in total. The molecule has 0 radical (unpaired) electrons. The van der Waals surface area contributed by atoms with Crippen LogP contribution in [0.5, 0.6) is 0 Å². The lowest BCUT2D eigenvalue weighted by Gasteiger charge is -2.31. The van der Waals surface area contributed by atoms with Crippen LogP contribution in [-0.2, 0) is 4.79 Å². The van der Waals surface area contributed by atoms with Crippen LogP contribution >= 0.6 is 0 Å². The topological polar surface area (TPSA) is 110 Å². The van der Waals surface area contributed by atoms with Crippen molar-refractivity contribution in [2.24, 2.45) is 10.7 Å². The lowest BCUT2D eigenvalue weighted by Crippen LogP contribution is -2.50. The van der Waals surface area contributed by atoms with Crippen LogP contribution in [0.3, 0.4) is 0 Å². The van der Waals surface area contributed by atoms with E-state index < -0.39 is 0 Å². The number of nitrogens with zero attached hydrogens (tertiary/aromatic N) is 6. The number of carbonyl (C=O) groups excluding carboxylic acids is 2. The van der Waals surface area contributed by atoms with Crippen LogP contribution in [0.2, 0.25) is 0 Å². The van der Waals surface area contributed by atoms with Gasteiger partial charge in [0.2, 0.25) is 5.91 Å². The summed E-state index contributed by atoms with van der Waals surface area (Å²) in [4.78, 5) is 36.2. The molecule has 9 heteroatoms. The summed E-state index contributed by atoms with van der Waals surface area (Å²) in [5.74, 6) is -0.404. The fraction of sp³-hybridized carbons (Fsp3) is 0.316. The smallest absolute Gasteiger partial charge is 0.274 e. The standard InChI is InChI=1S/C19H23N7O2/c1-13-4-5-14(11-22-13)26-17(15(20)6-7-21-2)10-16(23-26)19(28)25-9-8-24(3)18(27)12-25/h4-7,10-11H,8-9,12,20H2,1-3H3. The molecular formula is C19H23N7O2. The monoisotopic (exact) mass is 381 g/mol. The Bertz CT molecular complexity index is 944. The zero-order valence-electron chi connectivity index (χ0n) is 16.2. The Kier molecular flexibility index (Phi) is 5.53. The number of aliphatic imine (C=N–C) groups is 1. The molecule has 0 atom stereocenters. The number of likely N-dealkylation sites (N-methyl/N-ethyl adjacent to an activating group) is 1. The Hall–Kier alpha value is -3.49. The summed E-state index contributed by atoms with van der Waals surface area (Å²) in [6, 6.07) is 5.34. The Labute approximate surface area is 163 Å². The van der Waals surface area contributed by atoms with E-state index in [4.69, 9.17) is 5.73 Å². The van der Waals surface area contributed by atoms with Gasteiger partial charge in [0.25, 0.3) is 5.91 Å². The van der Waals surface area contributed by atoms with E-state index in [1.165, 1.54) is 4.90 Å². The van der Waals surface area contributed by atoms with E-state index in [1.54, 1.807) is 48.2 Å². The average Bonchev–Trinajstić information content (AvgIpc) is 3.13. The van der Waals surface area contributed by atoms with Gasteiger partial charge in [0.1, 0.15) is 6.54 Å². The molecule has 0 aliphatic carbocycles. The zero-order chi connectivity index (χ0) is 20.3. The molecule has 2 aromatic rings. The molecule has 9 nitrogen and oxygen atoms in total. The first-order valence-corrected chi connectivity index (χ1v) is 8.85. The van der Waals surface area contributed by atoms with Gasteiger partial charge in [0.05, 0.1) is 23.3 Å². The first kappa shape index (κ1) is 19.3. The second-order valence-electron chi connectivity index (χ2n) is 6.56. The van der Waals surface area contributed by atoms with Crippen molar-refractivity contribution in [3.8, 4) is 5.69 Å². The fourth-order valence-corrected chi connectivity index (χ4v) is 2.81. The lowest BCUT2D eigenvalue weighted by atomic mass is 10.2.